The summed E-state index contributed by atoms with van der Waals surface area (Å²) in [5, 5.41) is 5.81. The Morgan fingerprint density at radius 1 is 0.917 bits per heavy atom. The zero-order valence-corrected chi connectivity index (χ0v) is 14.2. The molecule has 2 amide bonds. The van der Waals surface area contributed by atoms with Crippen molar-refractivity contribution >= 4 is 11.8 Å². The van der Waals surface area contributed by atoms with Crippen LogP contribution in [-0.4, -0.2) is 23.9 Å². The Morgan fingerprint density at radius 2 is 1.50 bits per heavy atom. The molecule has 2 aromatic rings. The van der Waals surface area contributed by atoms with E-state index in [0.29, 0.717) is 12.0 Å². The lowest BCUT2D eigenvalue weighted by Crippen LogP contribution is -2.50. The quantitative estimate of drug-likeness (QED) is 0.823. The van der Waals surface area contributed by atoms with Crippen molar-refractivity contribution in [1.82, 2.24) is 10.6 Å². The minimum absolute atomic E-state index is 0.0735. The van der Waals surface area contributed by atoms with E-state index < -0.39 is 6.04 Å². The van der Waals surface area contributed by atoms with Gasteiger partial charge in [-0.3, -0.25) is 9.59 Å². The highest BCUT2D eigenvalue weighted by Gasteiger charge is 2.22. The molecule has 0 aromatic heterocycles. The van der Waals surface area contributed by atoms with Gasteiger partial charge in [-0.15, -0.1) is 0 Å². The molecule has 24 heavy (non-hydrogen) atoms. The third-order valence-corrected chi connectivity index (χ3v) is 3.94. The summed E-state index contributed by atoms with van der Waals surface area (Å²) in [5.74, 6) is -0.395. The minimum atomic E-state index is -0.603. The monoisotopic (exact) mass is 324 g/mol. The van der Waals surface area contributed by atoms with Gasteiger partial charge in [0.1, 0.15) is 6.04 Å². The molecule has 2 rings (SSSR count). The first-order chi connectivity index (χ1) is 11.6. The van der Waals surface area contributed by atoms with E-state index in [9.17, 15) is 9.59 Å². The molecule has 0 aliphatic heterocycles. The van der Waals surface area contributed by atoms with Gasteiger partial charge in [0.05, 0.1) is 0 Å². The fraction of sp³-hybridized carbons (Fsp3) is 0.300. The number of carbonyl (C=O) groups is 2. The molecule has 0 aliphatic rings. The largest absolute Gasteiger partial charge is 0.352 e. The van der Waals surface area contributed by atoms with Crippen molar-refractivity contribution in [3.63, 3.8) is 0 Å². The molecule has 2 aromatic carbocycles. The zero-order valence-electron chi connectivity index (χ0n) is 14.2. The first kappa shape index (κ1) is 17.7. The van der Waals surface area contributed by atoms with E-state index in [-0.39, 0.29) is 17.9 Å². The van der Waals surface area contributed by atoms with E-state index in [1.807, 2.05) is 50.2 Å². The maximum absolute atomic E-state index is 12.6. The molecule has 0 heterocycles. The van der Waals surface area contributed by atoms with Gasteiger partial charge < -0.3 is 10.6 Å². The van der Waals surface area contributed by atoms with Gasteiger partial charge in [0, 0.05) is 18.0 Å². The smallest absolute Gasteiger partial charge is 0.251 e. The molecule has 0 unspecified atom stereocenters. The van der Waals surface area contributed by atoms with Gasteiger partial charge in [-0.05, 0) is 31.0 Å². The summed E-state index contributed by atoms with van der Waals surface area (Å²) >= 11 is 0. The highest BCUT2D eigenvalue weighted by atomic mass is 16.2. The molecule has 0 bridgehead atoms. The Balaban J connectivity index is 2.12. The van der Waals surface area contributed by atoms with Gasteiger partial charge in [-0.1, -0.05) is 55.5 Å². The topological polar surface area (TPSA) is 58.2 Å². The fourth-order valence-electron chi connectivity index (χ4n) is 2.34. The highest BCUT2D eigenvalue weighted by molar-refractivity contribution is 5.97. The third kappa shape index (κ3) is 5.23. The summed E-state index contributed by atoms with van der Waals surface area (Å²) in [7, 11) is 0. The van der Waals surface area contributed by atoms with Crippen LogP contribution in [-0.2, 0) is 11.2 Å². The van der Waals surface area contributed by atoms with Crippen LogP contribution < -0.4 is 10.6 Å². The van der Waals surface area contributed by atoms with Crippen LogP contribution in [0.5, 0.6) is 0 Å². The highest BCUT2D eigenvalue weighted by Crippen LogP contribution is 2.06. The van der Waals surface area contributed by atoms with Crippen LogP contribution in [0.25, 0.3) is 0 Å². The van der Waals surface area contributed by atoms with Crippen LogP contribution in [0.4, 0.5) is 0 Å². The molecular weight excluding hydrogens is 300 g/mol. The molecular formula is C20H24N2O2. The van der Waals surface area contributed by atoms with Gasteiger partial charge in [0.15, 0.2) is 0 Å². The van der Waals surface area contributed by atoms with E-state index in [4.69, 9.17) is 0 Å². The van der Waals surface area contributed by atoms with Crippen molar-refractivity contribution in [1.29, 1.82) is 0 Å². The van der Waals surface area contributed by atoms with Gasteiger partial charge in [0.2, 0.25) is 5.91 Å². The van der Waals surface area contributed by atoms with E-state index in [0.717, 1.165) is 12.0 Å². The average molecular weight is 324 g/mol. The van der Waals surface area contributed by atoms with Crippen molar-refractivity contribution in [3.05, 3.63) is 71.8 Å². The van der Waals surface area contributed by atoms with Crippen molar-refractivity contribution in [3.8, 4) is 0 Å². The lowest BCUT2D eigenvalue weighted by Gasteiger charge is -2.21. The molecule has 0 saturated heterocycles. The van der Waals surface area contributed by atoms with Crippen LogP contribution in [0, 0.1) is 0 Å². The van der Waals surface area contributed by atoms with Crippen molar-refractivity contribution in [2.45, 2.75) is 38.8 Å². The molecule has 0 spiro atoms. The summed E-state index contributed by atoms with van der Waals surface area (Å²) in [6.07, 6.45) is 1.30. The average Bonchev–Trinajstić information content (AvgIpc) is 2.62. The number of amides is 2. The Hall–Kier alpha value is -2.62. The van der Waals surface area contributed by atoms with Gasteiger partial charge >= 0.3 is 0 Å². The number of benzene rings is 2. The Kier molecular flexibility index (Phi) is 6.55. The summed E-state index contributed by atoms with van der Waals surface area (Å²) in [6, 6.07) is 18.1. The van der Waals surface area contributed by atoms with Crippen LogP contribution in [0.2, 0.25) is 0 Å². The van der Waals surface area contributed by atoms with Crippen LogP contribution in [0.1, 0.15) is 36.2 Å². The summed E-state index contributed by atoms with van der Waals surface area (Å²) in [5.41, 5.74) is 1.56. The molecule has 4 nitrogen and oxygen atoms in total. The SMILES string of the molecule is CC[C@@H](C)NC(=O)[C@H](Cc1ccccc1)NC(=O)c1ccccc1. The van der Waals surface area contributed by atoms with Crippen molar-refractivity contribution < 1.29 is 9.59 Å². The van der Waals surface area contributed by atoms with Gasteiger partial charge in [-0.25, -0.2) is 0 Å². The summed E-state index contributed by atoms with van der Waals surface area (Å²) < 4.78 is 0. The van der Waals surface area contributed by atoms with E-state index in [2.05, 4.69) is 10.6 Å². The predicted molar refractivity (Wildman–Crippen MR) is 95.7 cm³/mol. The maximum Gasteiger partial charge on any atom is 0.251 e. The Labute approximate surface area is 143 Å². The van der Waals surface area contributed by atoms with E-state index >= 15 is 0 Å². The Bertz CT molecular complexity index is 656. The molecule has 2 atom stereocenters. The second-order valence-corrected chi connectivity index (χ2v) is 5.90. The predicted octanol–water partition coefficient (Wildman–Crippen LogP) is 2.94. The Morgan fingerprint density at radius 3 is 2.08 bits per heavy atom. The fourth-order valence-corrected chi connectivity index (χ4v) is 2.34. The zero-order chi connectivity index (χ0) is 17.4. The van der Waals surface area contributed by atoms with Crippen molar-refractivity contribution in [2.24, 2.45) is 0 Å². The molecule has 0 aliphatic carbocycles. The second-order valence-electron chi connectivity index (χ2n) is 5.90. The van der Waals surface area contributed by atoms with Gasteiger partial charge in [-0.2, -0.15) is 0 Å². The van der Waals surface area contributed by atoms with Crippen LogP contribution in [0.3, 0.4) is 0 Å². The molecule has 0 fully saturated rings. The number of hydrogen-bond donors (Lipinski definition) is 2. The number of carbonyl (C=O) groups excluding carboxylic acids is 2. The van der Waals surface area contributed by atoms with E-state index in [1.54, 1.807) is 24.3 Å². The number of nitrogens with one attached hydrogen (secondary N) is 2. The first-order valence-electron chi connectivity index (χ1n) is 8.30. The number of rotatable bonds is 7. The molecule has 126 valence electrons. The van der Waals surface area contributed by atoms with Crippen LogP contribution in [0.15, 0.2) is 60.7 Å². The lowest BCUT2D eigenvalue weighted by atomic mass is 10.0. The summed E-state index contributed by atoms with van der Waals surface area (Å²) in [4.78, 5) is 25.0. The molecule has 0 saturated carbocycles. The number of hydrogen-bond acceptors (Lipinski definition) is 2. The molecule has 0 radical (unpaired) electrons. The first-order valence-corrected chi connectivity index (χ1v) is 8.30. The van der Waals surface area contributed by atoms with Gasteiger partial charge in [0.25, 0.3) is 5.91 Å². The van der Waals surface area contributed by atoms with E-state index in [1.165, 1.54) is 0 Å². The maximum atomic E-state index is 12.6. The third-order valence-electron chi connectivity index (χ3n) is 3.94. The van der Waals surface area contributed by atoms with Crippen LogP contribution >= 0.6 is 0 Å². The normalized spacial score (nSPS) is 12.9. The lowest BCUT2D eigenvalue weighted by molar-refractivity contribution is -0.123. The van der Waals surface area contributed by atoms with Crippen molar-refractivity contribution in [2.75, 3.05) is 0 Å². The molecule has 2 N–H and O–H groups in total. The second kappa shape index (κ2) is 8.87. The minimum Gasteiger partial charge on any atom is -0.352 e. The summed E-state index contributed by atoms with van der Waals surface area (Å²) in [6.45, 7) is 3.97. The standard InChI is InChI=1S/C20H24N2O2/c1-3-15(2)21-20(24)18(14-16-10-6-4-7-11-16)22-19(23)17-12-8-5-9-13-17/h4-13,15,18H,3,14H2,1-2H3,(H,21,24)(H,22,23)/t15-,18+/m1/s1. The molecule has 4 heteroatoms.